The predicted molar refractivity (Wildman–Crippen MR) is 91.6 cm³/mol. The summed E-state index contributed by atoms with van der Waals surface area (Å²) in [5, 5.41) is 0.617. The lowest BCUT2D eigenvalue weighted by Crippen LogP contribution is -2.31. The fourth-order valence-electron chi connectivity index (χ4n) is 2.74. The molecule has 2 rings (SSSR count). The average molecular weight is 345 g/mol. The van der Waals surface area contributed by atoms with Gasteiger partial charge in [-0.3, -0.25) is 0 Å². The molecule has 124 valence electrons. The topological polar surface area (TPSA) is 49.4 Å². The molecule has 0 radical (unpaired) electrons. The smallest absolute Gasteiger partial charge is 0.215 e. The Kier molecular flexibility index (Phi) is 7.15. The number of sulfonamides is 1. The number of nitrogens with zero attached hydrogens (tertiary/aromatic N) is 1. The summed E-state index contributed by atoms with van der Waals surface area (Å²) in [4.78, 5) is 2.44. The van der Waals surface area contributed by atoms with Crippen molar-refractivity contribution in [2.75, 3.05) is 26.2 Å². The molecule has 1 aliphatic rings. The van der Waals surface area contributed by atoms with E-state index in [1.54, 1.807) is 24.3 Å². The number of likely N-dealkylation sites (tertiary alicyclic amines) is 1. The van der Waals surface area contributed by atoms with Crippen LogP contribution in [0.4, 0.5) is 0 Å². The lowest BCUT2D eigenvalue weighted by molar-refractivity contribution is 0.282. The van der Waals surface area contributed by atoms with Crippen LogP contribution in [0, 0.1) is 0 Å². The Balaban J connectivity index is 1.69. The van der Waals surface area contributed by atoms with Crippen molar-refractivity contribution in [3.8, 4) is 0 Å². The third-order valence-corrected chi connectivity index (χ3v) is 5.55. The predicted octanol–water partition coefficient (Wildman–Crippen LogP) is 3.03. The van der Waals surface area contributed by atoms with Gasteiger partial charge in [0, 0.05) is 11.6 Å². The molecule has 1 fully saturated rings. The van der Waals surface area contributed by atoms with Gasteiger partial charge in [0.15, 0.2) is 0 Å². The normalized spacial score (nSPS) is 17.3. The molecule has 6 heteroatoms. The van der Waals surface area contributed by atoms with Crippen LogP contribution < -0.4 is 4.72 Å². The molecule has 1 aliphatic heterocycles. The van der Waals surface area contributed by atoms with E-state index >= 15 is 0 Å². The molecule has 0 amide bonds. The molecule has 0 spiro atoms. The van der Waals surface area contributed by atoms with Gasteiger partial charge in [-0.05, 0) is 56.6 Å². The number of rotatable bonds is 7. The van der Waals surface area contributed by atoms with Gasteiger partial charge >= 0.3 is 0 Å². The molecule has 0 aliphatic carbocycles. The first kappa shape index (κ1) is 17.7. The van der Waals surface area contributed by atoms with Crippen molar-refractivity contribution in [2.24, 2.45) is 0 Å². The van der Waals surface area contributed by atoms with E-state index < -0.39 is 10.0 Å². The van der Waals surface area contributed by atoms with Crippen LogP contribution in [0.2, 0.25) is 5.02 Å². The number of hydrogen-bond acceptors (Lipinski definition) is 3. The van der Waals surface area contributed by atoms with Crippen LogP contribution >= 0.6 is 11.6 Å². The second kappa shape index (κ2) is 8.87. The minimum Gasteiger partial charge on any atom is -0.303 e. The SMILES string of the molecule is O=S(=O)(Cc1ccc(Cl)cc1)NCCCN1CCCCCC1. The first-order valence-electron chi connectivity index (χ1n) is 7.99. The standard InChI is InChI=1S/C16H25ClN2O2S/c17-16-8-6-15(7-9-16)14-22(20,21)18-10-5-13-19-11-3-1-2-4-12-19/h6-9,18H,1-5,10-14H2. The molecule has 1 N–H and O–H groups in total. The minimum absolute atomic E-state index is 0.00782. The quantitative estimate of drug-likeness (QED) is 0.773. The first-order chi connectivity index (χ1) is 10.6. The van der Waals surface area contributed by atoms with E-state index in [4.69, 9.17) is 11.6 Å². The average Bonchev–Trinajstić information content (AvgIpc) is 2.75. The zero-order chi connectivity index (χ0) is 15.8. The van der Waals surface area contributed by atoms with E-state index in [1.807, 2.05) is 0 Å². The molecule has 1 aromatic carbocycles. The van der Waals surface area contributed by atoms with Crippen molar-refractivity contribution < 1.29 is 8.42 Å². The van der Waals surface area contributed by atoms with Crippen LogP contribution in [0.5, 0.6) is 0 Å². The number of benzene rings is 1. The van der Waals surface area contributed by atoms with Crippen molar-refractivity contribution in [3.05, 3.63) is 34.9 Å². The van der Waals surface area contributed by atoms with Crippen LogP contribution in [0.15, 0.2) is 24.3 Å². The summed E-state index contributed by atoms with van der Waals surface area (Å²) >= 11 is 5.80. The van der Waals surface area contributed by atoms with E-state index in [2.05, 4.69) is 9.62 Å². The van der Waals surface area contributed by atoms with Crippen molar-refractivity contribution >= 4 is 21.6 Å². The fourth-order valence-corrected chi connectivity index (χ4v) is 4.06. The maximum atomic E-state index is 12.0. The van der Waals surface area contributed by atoms with Gasteiger partial charge in [0.05, 0.1) is 5.75 Å². The minimum atomic E-state index is -3.27. The zero-order valence-corrected chi connectivity index (χ0v) is 14.5. The number of halogens is 1. The molecule has 1 saturated heterocycles. The van der Waals surface area contributed by atoms with Gasteiger partial charge in [-0.15, -0.1) is 0 Å². The molecule has 1 aromatic rings. The summed E-state index contributed by atoms with van der Waals surface area (Å²) in [5.41, 5.74) is 0.754. The highest BCUT2D eigenvalue weighted by molar-refractivity contribution is 7.88. The maximum Gasteiger partial charge on any atom is 0.215 e. The van der Waals surface area contributed by atoms with Crippen LogP contribution in [0.3, 0.4) is 0 Å². The van der Waals surface area contributed by atoms with Crippen molar-refractivity contribution in [3.63, 3.8) is 0 Å². The van der Waals surface area contributed by atoms with Crippen molar-refractivity contribution in [2.45, 2.75) is 37.9 Å². The Morgan fingerprint density at radius 3 is 2.32 bits per heavy atom. The molecule has 0 atom stereocenters. The Morgan fingerprint density at radius 1 is 1.05 bits per heavy atom. The van der Waals surface area contributed by atoms with Gasteiger partial charge in [-0.25, -0.2) is 13.1 Å². The third kappa shape index (κ3) is 6.65. The van der Waals surface area contributed by atoms with Gasteiger partial charge in [0.25, 0.3) is 0 Å². The third-order valence-electron chi connectivity index (χ3n) is 3.94. The monoisotopic (exact) mass is 344 g/mol. The highest BCUT2D eigenvalue weighted by Crippen LogP contribution is 2.12. The lowest BCUT2D eigenvalue weighted by Gasteiger charge is -2.19. The molecule has 0 aromatic heterocycles. The van der Waals surface area contributed by atoms with Crippen LogP contribution in [-0.2, 0) is 15.8 Å². The van der Waals surface area contributed by atoms with Crippen LogP contribution in [-0.4, -0.2) is 39.5 Å². The Hall–Kier alpha value is -0.620. The maximum absolute atomic E-state index is 12.0. The van der Waals surface area contributed by atoms with Gasteiger partial charge < -0.3 is 4.90 Å². The van der Waals surface area contributed by atoms with Crippen LogP contribution in [0.1, 0.15) is 37.7 Å². The lowest BCUT2D eigenvalue weighted by atomic mass is 10.2. The van der Waals surface area contributed by atoms with Gasteiger partial charge in [-0.1, -0.05) is 36.6 Å². The Morgan fingerprint density at radius 2 is 1.68 bits per heavy atom. The largest absolute Gasteiger partial charge is 0.303 e. The van der Waals surface area contributed by atoms with E-state index in [1.165, 1.54) is 25.7 Å². The van der Waals surface area contributed by atoms with Gasteiger partial charge in [-0.2, -0.15) is 0 Å². The second-order valence-corrected chi connectivity index (χ2v) is 8.13. The molecule has 0 saturated carbocycles. The first-order valence-corrected chi connectivity index (χ1v) is 10.0. The Labute approximate surface area is 138 Å². The van der Waals surface area contributed by atoms with E-state index in [0.717, 1.165) is 31.6 Å². The summed E-state index contributed by atoms with van der Waals surface area (Å²) in [5.74, 6) is 0.00782. The molecule has 1 heterocycles. The summed E-state index contributed by atoms with van der Waals surface area (Å²) in [6, 6.07) is 6.93. The highest BCUT2D eigenvalue weighted by atomic mass is 35.5. The molecular weight excluding hydrogens is 320 g/mol. The summed E-state index contributed by atoms with van der Waals surface area (Å²) in [6.07, 6.45) is 6.04. The molecule has 4 nitrogen and oxygen atoms in total. The summed E-state index contributed by atoms with van der Waals surface area (Å²) in [6.45, 7) is 3.78. The van der Waals surface area contributed by atoms with Gasteiger partial charge in [0.1, 0.15) is 0 Å². The van der Waals surface area contributed by atoms with Gasteiger partial charge in [0.2, 0.25) is 10.0 Å². The molecule has 0 unspecified atom stereocenters. The van der Waals surface area contributed by atoms with Crippen molar-refractivity contribution in [1.29, 1.82) is 0 Å². The Bertz CT molecular complexity index is 538. The molecule has 22 heavy (non-hydrogen) atoms. The highest BCUT2D eigenvalue weighted by Gasteiger charge is 2.12. The van der Waals surface area contributed by atoms with E-state index in [9.17, 15) is 8.42 Å². The van der Waals surface area contributed by atoms with E-state index in [-0.39, 0.29) is 5.75 Å². The van der Waals surface area contributed by atoms with Crippen LogP contribution in [0.25, 0.3) is 0 Å². The number of nitrogens with one attached hydrogen (secondary N) is 1. The number of hydrogen-bond donors (Lipinski definition) is 1. The summed E-state index contributed by atoms with van der Waals surface area (Å²) in [7, 11) is -3.27. The fraction of sp³-hybridized carbons (Fsp3) is 0.625. The van der Waals surface area contributed by atoms with E-state index in [0.29, 0.717) is 11.6 Å². The van der Waals surface area contributed by atoms with Crippen molar-refractivity contribution in [1.82, 2.24) is 9.62 Å². The molecule has 0 bridgehead atoms. The summed E-state index contributed by atoms with van der Waals surface area (Å²) < 4.78 is 26.8. The molecular formula is C16H25ClN2O2S. The zero-order valence-electron chi connectivity index (χ0n) is 12.9. The second-order valence-electron chi connectivity index (χ2n) is 5.89.